The van der Waals surface area contributed by atoms with Crippen molar-refractivity contribution in [2.45, 2.75) is 64.0 Å². The van der Waals surface area contributed by atoms with E-state index >= 15 is 0 Å². The molecule has 1 atom stereocenters. The van der Waals surface area contributed by atoms with E-state index in [0.717, 1.165) is 17.9 Å². The van der Waals surface area contributed by atoms with E-state index < -0.39 is 0 Å². The molecule has 18 heavy (non-hydrogen) atoms. The third kappa shape index (κ3) is 2.97. The first-order chi connectivity index (χ1) is 8.86. The normalized spacial score (nSPS) is 30.3. The van der Waals surface area contributed by atoms with Gasteiger partial charge in [0, 0.05) is 17.0 Å². The molecule has 2 aliphatic carbocycles. The lowest BCUT2D eigenvalue weighted by molar-refractivity contribution is 0.263. The molecule has 1 unspecified atom stereocenters. The maximum absolute atomic E-state index is 3.98. The Kier molecular flexibility index (Phi) is 4.05. The number of hydrogen-bond acceptors (Lipinski definition) is 2. The molecule has 1 N–H and O–H groups in total. The number of nitrogens with one attached hydrogen (secondary N) is 1. The lowest BCUT2D eigenvalue weighted by atomic mass is 9.84. The molecule has 0 radical (unpaired) electrons. The van der Waals surface area contributed by atoms with Crippen LogP contribution in [-0.2, 0) is 0 Å². The molecule has 1 aromatic heterocycles. The minimum atomic E-state index is 0.660. The zero-order valence-electron chi connectivity index (χ0n) is 11.4. The van der Waals surface area contributed by atoms with E-state index in [9.17, 15) is 0 Å². The van der Waals surface area contributed by atoms with Crippen LogP contribution in [0.2, 0.25) is 0 Å². The molecule has 0 spiro atoms. The van der Waals surface area contributed by atoms with E-state index in [1.807, 2.05) is 11.3 Å². The molecule has 100 valence electrons. The fourth-order valence-corrected chi connectivity index (χ4v) is 4.22. The summed E-state index contributed by atoms with van der Waals surface area (Å²) >= 11 is 1.93. The van der Waals surface area contributed by atoms with Crippen LogP contribution >= 0.6 is 11.3 Å². The average molecular weight is 263 g/mol. The quantitative estimate of drug-likeness (QED) is 0.808. The third-order valence-corrected chi connectivity index (χ3v) is 5.74. The predicted octanol–water partition coefficient (Wildman–Crippen LogP) is 4.76. The van der Waals surface area contributed by atoms with Crippen LogP contribution in [0.15, 0.2) is 17.5 Å². The molecule has 2 saturated carbocycles. The highest BCUT2D eigenvalue weighted by Gasteiger charge is 2.34. The lowest BCUT2D eigenvalue weighted by Crippen LogP contribution is -2.36. The minimum Gasteiger partial charge on any atom is -0.306 e. The van der Waals surface area contributed by atoms with Crippen molar-refractivity contribution in [3.05, 3.63) is 22.4 Å². The van der Waals surface area contributed by atoms with Gasteiger partial charge < -0.3 is 5.32 Å². The van der Waals surface area contributed by atoms with Crippen molar-refractivity contribution in [3.63, 3.8) is 0 Å². The van der Waals surface area contributed by atoms with Crippen molar-refractivity contribution >= 4 is 11.3 Å². The van der Waals surface area contributed by atoms with Gasteiger partial charge in [0.2, 0.25) is 0 Å². The van der Waals surface area contributed by atoms with Gasteiger partial charge in [0.05, 0.1) is 0 Å². The van der Waals surface area contributed by atoms with E-state index in [0.29, 0.717) is 6.04 Å². The monoisotopic (exact) mass is 263 g/mol. The molecular formula is C16H25NS. The Morgan fingerprint density at radius 1 is 1.22 bits per heavy atom. The molecule has 0 aromatic carbocycles. The molecule has 2 fully saturated rings. The van der Waals surface area contributed by atoms with E-state index in [-0.39, 0.29) is 0 Å². The third-order valence-electron chi connectivity index (χ3n) is 4.78. The first kappa shape index (κ1) is 12.7. The second-order valence-electron chi connectivity index (χ2n) is 6.12. The summed E-state index contributed by atoms with van der Waals surface area (Å²) in [6.07, 6.45) is 9.91. The summed E-state index contributed by atoms with van der Waals surface area (Å²) in [6, 6.07) is 5.96. The molecule has 2 aliphatic rings. The van der Waals surface area contributed by atoms with Crippen LogP contribution in [-0.4, -0.2) is 6.04 Å². The van der Waals surface area contributed by atoms with Gasteiger partial charge in [-0.1, -0.05) is 19.4 Å². The standard InChI is InChI=1S/C16H25NS/c1-2-12-5-9-14(10-6-12)17-16(13-7-8-13)15-4-3-11-18-15/h3-4,11-14,16-17H,2,5-10H2,1H3. The Bertz CT molecular complexity index is 347. The Balaban J connectivity index is 1.57. The van der Waals surface area contributed by atoms with Crippen LogP contribution in [0.4, 0.5) is 0 Å². The second kappa shape index (κ2) is 5.75. The fraction of sp³-hybridized carbons (Fsp3) is 0.750. The Morgan fingerprint density at radius 3 is 2.56 bits per heavy atom. The maximum atomic E-state index is 3.98. The van der Waals surface area contributed by atoms with Gasteiger partial charge in [0.15, 0.2) is 0 Å². The van der Waals surface area contributed by atoms with E-state index in [1.54, 1.807) is 4.88 Å². The number of thiophene rings is 1. The van der Waals surface area contributed by atoms with Crippen LogP contribution in [0.25, 0.3) is 0 Å². The van der Waals surface area contributed by atoms with E-state index in [2.05, 4.69) is 29.8 Å². The van der Waals surface area contributed by atoms with Gasteiger partial charge in [0.1, 0.15) is 0 Å². The van der Waals surface area contributed by atoms with Crippen LogP contribution in [0.1, 0.15) is 62.8 Å². The van der Waals surface area contributed by atoms with Gasteiger partial charge in [-0.3, -0.25) is 0 Å². The average Bonchev–Trinajstić information content (AvgIpc) is 3.11. The molecule has 1 aromatic rings. The first-order valence-corrected chi connectivity index (χ1v) is 8.54. The van der Waals surface area contributed by atoms with Crippen molar-refractivity contribution in [2.75, 3.05) is 0 Å². The molecule has 3 rings (SSSR count). The summed E-state index contributed by atoms with van der Waals surface area (Å²) in [4.78, 5) is 1.56. The Hall–Kier alpha value is -0.340. The van der Waals surface area contributed by atoms with Crippen molar-refractivity contribution < 1.29 is 0 Å². The SMILES string of the molecule is CCC1CCC(NC(c2cccs2)C2CC2)CC1. The van der Waals surface area contributed by atoms with Crippen LogP contribution < -0.4 is 5.32 Å². The predicted molar refractivity (Wildman–Crippen MR) is 79.0 cm³/mol. The van der Waals surface area contributed by atoms with Crippen molar-refractivity contribution in [2.24, 2.45) is 11.8 Å². The Labute approximate surface area is 115 Å². The van der Waals surface area contributed by atoms with Crippen molar-refractivity contribution in [3.8, 4) is 0 Å². The van der Waals surface area contributed by atoms with Gasteiger partial charge in [-0.05, 0) is 61.8 Å². The topological polar surface area (TPSA) is 12.0 Å². The summed E-state index contributed by atoms with van der Waals surface area (Å²) in [6.45, 7) is 2.34. The minimum absolute atomic E-state index is 0.660. The summed E-state index contributed by atoms with van der Waals surface area (Å²) in [7, 11) is 0. The number of hydrogen-bond donors (Lipinski definition) is 1. The summed E-state index contributed by atoms with van der Waals surface area (Å²) in [5.41, 5.74) is 0. The summed E-state index contributed by atoms with van der Waals surface area (Å²) < 4.78 is 0. The van der Waals surface area contributed by atoms with Crippen molar-refractivity contribution in [1.82, 2.24) is 5.32 Å². The van der Waals surface area contributed by atoms with Crippen LogP contribution in [0.5, 0.6) is 0 Å². The smallest absolute Gasteiger partial charge is 0.0445 e. The van der Waals surface area contributed by atoms with E-state index in [1.165, 1.54) is 44.9 Å². The molecule has 1 nitrogen and oxygen atoms in total. The largest absolute Gasteiger partial charge is 0.306 e. The second-order valence-corrected chi connectivity index (χ2v) is 7.10. The summed E-state index contributed by atoms with van der Waals surface area (Å²) in [5.74, 6) is 1.93. The van der Waals surface area contributed by atoms with E-state index in [4.69, 9.17) is 0 Å². The highest BCUT2D eigenvalue weighted by Crippen LogP contribution is 2.43. The Morgan fingerprint density at radius 2 is 2.00 bits per heavy atom. The molecule has 0 saturated heterocycles. The highest BCUT2D eigenvalue weighted by atomic mass is 32.1. The van der Waals surface area contributed by atoms with Gasteiger partial charge in [-0.2, -0.15) is 0 Å². The van der Waals surface area contributed by atoms with Gasteiger partial charge in [0.25, 0.3) is 0 Å². The zero-order chi connectivity index (χ0) is 12.4. The van der Waals surface area contributed by atoms with Crippen LogP contribution in [0.3, 0.4) is 0 Å². The summed E-state index contributed by atoms with van der Waals surface area (Å²) in [5, 5.41) is 6.20. The van der Waals surface area contributed by atoms with Gasteiger partial charge >= 0.3 is 0 Å². The van der Waals surface area contributed by atoms with Gasteiger partial charge in [-0.25, -0.2) is 0 Å². The molecule has 0 bridgehead atoms. The molecule has 0 aliphatic heterocycles. The molecular weight excluding hydrogens is 238 g/mol. The maximum Gasteiger partial charge on any atom is 0.0445 e. The zero-order valence-corrected chi connectivity index (χ0v) is 12.2. The molecule has 2 heteroatoms. The lowest BCUT2D eigenvalue weighted by Gasteiger charge is -2.31. The van der Waals surface area contributed by atoms with Crippen LogP contribution in [0, 0.1) is 11.8 Å². The highest BCUT2D eigenvalue weighted by molar-refractivity contribution is 7.10. The number of rotatable bonds is 5. The van der Waals surface area contributed by atoms with Crippen molar-refractivity contribution in [1.29, 1.82) is 0 Å². The van der Waals surface area contributed by atoms with Gasteiger partial charge in [-0.15, -0.1) is 11.3 Å². The fourth-order valence-electron chi connectivity index (χ4n) is 3.34. The molecule has 0 amide bonds. The molecule has 1 heterocycles. The first-order valence-electron chi connectivity index (χ1n) is 7.66.